The molecule has 2 nitrogen and oxygen atoms in total. The zero-order valence-electron chi connectivity index (χ0n) is 16.0. The summed E-state index contributed by atoms with van der Waals surface area (Å²) in [6.45, 7) is 3.16. The molecular weight excluding hydrogens is 306 g/mol. The molecule has 0 radical (unpaired) electrons. The van der Waals surface area contributed by atoms with Gasteiger partial charge in [-0.3, -0.25) is 4.79 Å². The lowest BCUT2D eigenvalue weighted by Crippen LogP contribution is -2.30. The fourth-order valence-corrected chi connectivity index (χ4v) is 4.77. The topological polar surface area (TPSA) is 20.3 Å². The maximum absolute atomic E-state index is 12.8. The molecule has 3 rings (SSSR count). The summed E-state index contributed by atoms with van der Waals surface area (Å²) in [5, 5.41) is 0. The largest absolute Gasteiger partial charge is 0.312 e. The highest BCUT2D eigenvalue weighted by Gasteiger charge is 2.33. The predicted molar refractivity (Wildman–Crippen MR) is 106 cm³/mol. The second-order valence-electron chi connectivity index (χ2n) is 8.16. The Morgan fingerprint density at radius 1 is 1.04 bits per heavy atom. The number of hydrogen-bond donors (Lipinski definition) is 0. The third-order valence-electron chi connectivity index (χ3n) is 6.21. The number of rotatable bonds is 8. The predicted octanol–water partition coefficient (Wildman–Crippen LogP) is 6.45. The Bertz CT molecular complexity index is 547. The number of fused-ring (bicyclic) bond motifs is 1. The zero-order valence-corrected chi connectivity index (χ0v) is 16.0. The van der Waals surface area contributed by atoms with E-state index in [1.165, 1.54) is 75.5 Å². The first kappa shape index (κ1) is 18.5. The van der Waals surface area contributed by atoms with E-state index in [1.807, 2.05) is 0 Å². The van der Waals surface area contributed by atoms with Crippen molar-refractivity contribution >= 4 is 11.6 Å². The standard InChI is InChI=1S/C23H35NO/c1-2-3-4-5-9-16-23(25)24-18-20(17-19-12-7-6-8-13-19)21-14-10-11-15-22(21)24/h10-11,14-15,19-20H,2-9,12-13,16-18H2,1H3. The Labute approximate surface area is 154 Å². The number of nitrogens with zero attached hydrogens (tertiary/aromatic N) is 1. The van der Waals surface area contributed by atoms with E-state index >= 15 is 0 Å². The van der Waals surface area contributed by atoms with Gasteiger partial charge in [0.05, 0.1) is 0 Å². The van der Waals surface area contributed by atoms with Crippen LogP contribution >= 0.6 is 0 Å². The lowest BCUT2D eigenvalue weighted by molar-refractivity contribution is -0.118. The first-order valence-corrected chi connectivity index (χ1v) is 10.7. The molecule has 1 aliphatic heterocycles. The first-order chi connectivity index (χ1) is 12.3. The van der Waals surface area contributed by atoms with Crippen LogP contribution in [0.15, 0.2) is 24.3 Å². The molecule has 1 aliphatic carbocycles. The van der Waals surface area contributed by atoms with Crippen molar-refractivity contribution in [1.29, 1.82) is 0 Å². The lowest BCUT2D eigenvalue weighted by Gasteiger charge is -2.25. The van der Waals surface area contributed by atoms with Crippen LogP contribution in [0.3, 0.4) is 0 Å². The van der Waals surface area contributed by atoms with Gasteiger partial charge in [-0.15, -0.1) is 0 Å². The molecule has 138 valence electrons. The molecule has 1 amide bonds. The lowest BCUT2D eigenvalue weighted by atomic mass is 9.81. The van der Waals surface area contributed by atoms with Gasteiger partial charge in [-0.2, -0.15) is 0 Å². The van der Waals surface area contributed by atoms with Crippen molar-refractivity contribution < 1.29 is 4.79 Å². The van der Waals surface area contributed by atoms with E-state index in [0.717, 1.165) is 18.9 Å². The number of benzene rings is 1. The van der Waals surface area contributed by atoms with Crippen LogP contribution in [0.1, 0.15) is 95.5 Å². The Kier molecular flexibility index (Phi) is 6.95. The fourth-order valence-electron chi connectivity index (χ4n) is 4.77. The van der Waals surface area contributed by atoms with E-state index in [2.05, 4.69) is 36.1 Å². The average molecular weight is 342 g/mol. The number of carbonyl (C=O) groups excluding carboxylic acids is 1. The van der Waals surface area contributed by atoms with E-state index in [4.69, 9.17) is 0 Å². The number of unbranched alkanes of at least 4 members (excludes halogenated alkanes) is 4. The number of carbonyl (C=O) groups is 1. The summed E-state index contributed by atoms with van der Waals surface area (Å²) in [6, 6.07) is 8.65. The Morgan fingerprint density at radius 2 is 1.80 bits per heavy atom. The van der Waals surface area contributed by atoms with Crippen LogP contribution in [0, 0.1) is 5.92 Å². The summed E-state index contributed by atoms with van der Waals surface area (Å²) in [5.41, 5.74) is 2.62. The third-order valence-corrected chi connectivity index (χ3v) is 6.21. The van der Waals surface area contributed by atoms with E-state index < -0.39 is 0 Å². The van der Waals surface area contributed by atoms with E-state index in [-0.39, 0.29) is 0 Å². The third kappa shape index (κ3) is 4.86. The molecule has 1 heterocycles. The van der Waals surface area contributed by atoms with Gasteiger partial charge in [-0.25, -0.2) is 0 Å². The summed E-state index contributed by atoms with van der Waals surface area (Å²) in [7, 11) is 0. The van der Waals surface area contributed by atoms with Crippen molar-refractivity contribution in [2.45, 2.75) is 89.9 Å². The van der Waals surface area contributed by atoms with Crippen LogP contribution in [0.25, 0.3) is 0 Å². The smallest absolute Gasteiger partial charge is 0.227 e. The van der Waals surface area contributed by atoms with Crippen molar-refractivity contribution in [3.05, 3.63) is 29.8 Å². The van der Waals surface area contributed by atoms with Gasteiger partial charge in [0.1, 0.15) is 0 Å². The molecule has 1 unspecified atom stereocenters. The van der Waals surface area contributed by atoms with Gasteiger partial charge in [-0.05, 0) is 30.4 Å². The van der Waals surface area contributed by atoms with Gasteiger partial charge in [0.25, 0.3) is 0 Å². The molecule has 0 N–H and O–H groups in total. The number of anilines is 1. The summed E-state index contributed by atoms with van der Waals surface area (Å²) in [6.07, 6.45) is 15.1. The Hall–Kier alpha value is -1.31. The van der Waals surface area contributed by atoms with Crippen molar-refractivity contribution in [2.75, 3.05) is 11.4 Å². The van der Waals surface area contributed by atoms with E-state index in [1.54, 1.807) is 0 Å². The minimum Gasteiger partial charge on any atom is -0.312 e. The molecule has 1 atom stereocenters. The summed E-state index contributed by atoms with van der Waals surface area (Å²) < 4.78 is 0. The molecule has 1 fully saturated rings. The highest BCUT2D eigenvalue weighted by atomic mass is 16.2. The maximum atomic E-state index is 12.8. The molecule has 25 heavy (non-hydrogen) atoms. The zero-order chi connectivity index (χ0) is 17.5. The molecular formula is C23H35NO. The van der Waals surface area contributed by atoms with Crippen LogP contribution in [0.2, 0.25) is 0 Å². The molecule has 0 saturated heterocycles. The fraction of sp³-hybridized carbons (Fsp3) is 0.696. The van der Waals surface area contributed by atoms with Crippen molar-refractivity contribution in [3.63, 3.8) is 0 Å². The van der Waals surface area contributed by atoms with Crippen LogP contribution in [0.4, 0.5) is 5.69 Å². The SMILES string of the molecule is CCCCCCCC(=O)N1CC(CC2CCCCC2)c2ccccc21. The Morgan fingerprint density at radius 3 is 2.60 bits per heavy atom. The van der Waals surface area contributed by atoms with E-state index in [9.17, 15) is 4.79 Å². The number of hydrogen-bond acceptors (Lipinski definition) is 1. The van der Waals surface area contributed by atoms with Gasteiger partial charge in [0, 0.05) is 24.6 Å². The molecule has 0 aromatic heterocycles. The number of amides is 1. The molecule has 0 spiro atoms. The van der Waals surface area contributed by atoms with Crippen LogP contribution in [-0.4, -0.2) is 12.5 Å². The van der Waals surface area contributed by atoms with Gasteiger partial charge < -0.3 is 4.90 Å². The van der Waals surface area contributed by atoms with Gasteiger partial charge in [0.15, 0.2) is 0 Å². The molecule has 2 heteroatoms. The average Bonchev–Trinajstić information content (AvgIpc) is 3.01. The van der Waals surface area contributed by atoms with Gasteiger partial charge in [0.2, 0.25) is 5.91 Å². The second kappa shape index (κ2) is 9.40. The van der Waals surface area contributed by atoms with Crippen LogP contribution in [-0.2, 0) is 4.79 Å². The summed E-state index contributed by atoms with van der Waals surface area (Å²) in [5.74, 6) is 1.77. The highest BCUT2D eigenvalue weighted by Crippen LogP contribution is 2.42. The van der Waals surface area contributed by atoms with Crippen LogP contribution < -0.4 is 4.90 Å². The second-order valence-corrected chi connectivity index (χ2v) is 8.16. The monoisotopic (exact) mass is 341 g/mol. The first-order valence-electron chi connectivity index (χ1n) is 10.7. The van der Waals surface area contributed by atoms with Crippen molar-refractivity contribution in [3.8, 4) is 0 Å². The molecule has 1 saturated carbocycles. The molecule has 1 aromatic carbocycles. The minimum atomic E-state index is 0.343. The van der Waals surface area contributed by atoms with Gasteiger partial charge >= 0.3 is 0 Å². The minimum absolute atomic E-state index is 0.343. The molecule has 0 bridgehead atoms. The highest BCUT2D eigenvalue weighted by molar-refractivity contribution is 5.95. The number of para-hydroxylation sites is 1. The molecule has 1 aromatic rings. The van der Waals surface area contributed by atoms with E-state index in [0.29, 0.717) is 18.2 Å². The molecule has 2 aliphatic rings. The maximum Gasteiger partial charge on any atom is 0.227 e. The Balaban J connectivity index is 1.58. The quantitative estimate of drug-likeness (QED) is 0.498. The van der Waals surface area contributed by atoms with Crippen molar-refractivity contribution in [2.24, 2.45) is 5.92 Å². The van der Waals surface area contributed by atoms with Gasteiger partial charge in [-0.1, -0.05) is 82.9 Å². The summed E-state index contributed by atoms with van der Waals surface area (Å²) >= 11 is 0. The van der Waals surface area contributed by atoms with Crippen LogP contribution in [0.5, 0.6) is 0 Å². The normalized spacial score (nSPS) is 20.7. The summed E-state index contributed by atoms with van der Waals surface area (Å²) in [4.78, 5) is 14.9. The van der Waals surface area contributed by atoms with Crippen molar-refractivity contribution in [1.82, 2.24) is 0 Å².